The molecule has 2 heterocycles. The molecule has 4 rings (SSSR count). The lowest BCUT2D eigenvalue weighted by atomic mass is 9.98. The largest absolute Gasteiger partial charge is 0.507 e. The maximum atomic E-state index is 13.3. The number of ketones is 1. The van der Waals surface area contributed by atoms with Gasteiger partial charge in [-0.25, -0.2) is 0 Å². The van der Waals surface area contributed by atoms with E-state index in [1.54, 1.807) is 37.3 Å². The van der Waals surface area contributed by atoms with Crippen molar-refractivity contribution in [2.24, 2.45) is 5.92 Å². The Morgan fingerprint density at radius 1 is 1.00 bits per heavy atom. The minimum absolute atomic E-state index is 0.00115. The van der Waals surface area contributed by atoms with Crippen molar-refractivity contribution in [1.82, 2.24) is 0 Å². The molecule has 1 saturated heterocycles. The summed E-state index contributed by atoms with van der Waals surface area (Å²) in [7, 11) is 0. The number of hydrogen-bond donors (Lipinski definition) is 1. The van der Waals surface area contributed by atoms with Crippen molar-refractivity contribution in [3.63, 3.8) is 0 Å². The molecule has 0 bridgehead atoms. The second kappa shape index (κ2) is 9.45. The molecular formula is C29H31NO5. The van der Waals surface area contributed by atoms with E-state index in [1.165, 1.54) is 4.90 Å². The number of rotatable bonds is 6. The molecule has 1 N–H and O–H groups in total. The van der Waals surface area contributed by atoms with E-state index in [9.17, 15) is 14.7 Å². The van der Waals surface area contributed by atoms with Crippen molar-refractivity contribution in [3.05, 3.63) is 87.9 Å². The molecule has 0 saturated carbocycles. The minimum Gasteiger partial charge on any atom is -0.507 e. The van der Waals surface area contributed by atoms with Gasteiger partial charge in [-0.15, -0.1) is 0 Å². The highest BCUT2D eigenvalue weighted by molar-refractivity contribution is 6.51. The lowest BCUT2D eigenvalue weighted by molar-refractivity contribution is -0.132. The SMILES string of the molecule is Cc1cc(C)cc(N2C(=O)C(=O)/C(=C(\O)c3ccc(OCC(C)C)c(C)c3)C2c2ccc(C)o2)c1. The summed E-state index contributed by atoms with van der Waals surface area (Å²) < 4.78 is 11.7. The van der Waals surface area contributed by atoms with Crippen LogP contribution in [0.4, 0.5) is 5.69 Å². The van der Waals surface area contributed by atoms with E-state index in [4.69, 9.17) is 9.15 Å². The van der Waals surface area contributed by atoms with Crippen LogP contribution in [-0.4, -0.2) is 23.4 Å². The lowest BCUT2D eigenvalue weighted by Gasteiger charge is -2.24. The van der Waals surface area contributed by atoms with Gasteiger partial charge >= 0.3 is 0 Å². The van der Waals surface area contributed by atoms with Crippen LogP contribution in [-0.2, 0) is 9.59 Å². The predicted octanol–water partition coefficient (Wildman–Crippen LogP) is 6.17. The molecule has 0 spiro atoms. The molecule has 35 heavy (non-hydrogen) atoms. The summed E-state index contributed by atoms with van der Waals surface area (Å²) in [5, 5.41) is 11.4. The first-order valence-electron chi connectivity index (χ1n) is 11.8. The maximum absolute atomic E-state index is 13.3. The molecule has 3 aromatic rings. The number of carbonyl (C=O) groups is 2. The van der Waals surface area contributed by atoms with Gasteiger partial charge in [-0.3, -0.25) is 14.5 Å². The number of Topliss-reactive ketones (excluding diaryl/α,β-unsaturated/α-hetero) is 1. The van der Waals surface area contributed by atoms with Gasteiger partial charge in [0, 0.05) is 11.3 Å². The highest BCUT2D eigenvalue weighted by Crippen LogP contribution is 2.43. The van der Waals surface area contributed by atoms with E-state index >= 15 is 0 Å². The number of aryl methyl sites for hydroxylation is 4. The van der Waals surface area contributed by atoms with Crippen LogP contribution in [0.2, 0.25) is 0 Å². The first kappa shape index (κ1) is 24.3. The van der Waals surface area contributed by atoms with Gasteiger partial charge in [-0.1, -0.05) is 19.9 Å². The Labute approximate surface area is 205 Å². The Balaban J connectivity index is 1.85. The monoisotopic (exact) mass is 473 g/mol. The highest BCUT2D eigenvalue weighted by atomic mass is 16.5. The summed E-state index contributed by atoms with van der Waals surface area (Å²) in [6.07, 6.45) is 0. The number of furan rings is 1. The van der Waals surface area contributed by atoms with E-state index < -0.39 is 17.7 Å². The zero-order chi connectivity index (χ0) is 25.4. The van der Waals surface area contributed by atoms with Crippen molar-refractivity contribution in [2.75, 3.05) is 11.5 Å². The van der Waals surface area contributed by atoms with Gasteiger partial charge in [0.1, 0.15) is 29.1 Å². The molecule has 0 aliphatic carbocycles. The average Bonchev–Trinajstić information content (AvgIpc) is 3.32. The molecule has 1 fully saturated rings. The van der Waals surface area contributed by atoms with Crippen LogP contribution >= 0.6 is 0 Å². The fourth-order valence-corrected chi connectivity index (χ4v) is 4.43. The molecule has 1 aliphatic heterocycles. The van der Waals surface area contributed by atoms with Crippen molar-refractivity contribution >= 4 is 23.1 Å². The Morgan fingerprint density at radius 2 is 1.69 bits per heavy atom. The predicted molar refractivity (Wildman–Crippen MR) is 136 cm³/mol. The van der Waals surface area contributed by atoms with Gasteiger partial charge < -0.3 is 14.3 Å². The van der Waals surface area contributed by atoms with Crippen LogP contribution in [0.25, 0.3) is 5.76 Å². The third kappa shape index (κ3) is 4.74. The van der Waals surface area contributed by atoms with Gasteiger partial charge in [0.05, 0.1) is 12.2 Å². The lowest BCUT2D eigenvalue weighted by Crippen LogP contribution is -2.29. The summed E-state index contributed by atoms with van der Waals surface area (Å²) >= 11 is 0. The maximum Gasteiger partial charge on any atom is 0.300 e. The smallest absolute Gasteiger partial charge is 0.300 e. The third-order valence-electron chi connectivity index (χ3n) is 5.98. The molecule has 182 valence electrons. The average molecular weight is 474 g/mol. The third-order valence-corrected chi connectivity index (χ3v) is 5.98. The molecule has 1 atom stereocenters. The Bertz CT molecular complexity index is 1310. The summed E-state index contributed by atoms with van der Waals surface area (Å²) in [6, 6.07) is 13.6. The molecule has 1 aromatic heterocycles. The molecule has 2 aromatic carbocycles. The Kier molecular flexibility index (Phi) is 6.57. The summed E-state index contributed by atoms with van der Waals surface area (Å²) in [5.41, 5.74) is 3.76. The van der Waals surface area contributed by atoms with Crippen LogP contribution in [0.3, 0.4) is 0 Å². The zero-order valence-corrected chi connectivity index (χ0v) is 21.0. The normalized spacial score (nSPS) is 17.5. The van der Waals surface area contributed by atoms with Gasteiger partial charge in [0.15, 0.2) is 0 Å². The Hall–Kier alpha value is -3.80. The number of aliphatic hydroxyl groups excluding tert-OH is 1. The standard InChI is InChI=1S/C29H31NO5/c1-16(2)15-34-23-10-8-21(14-19(23)5)27(31)25-26(24-9-7-20(6)35-24)30(29(33)28(25)32)22-12-17(3)11-18(4)13-22/h7-14,16,26,31H,15H2,1-6H3/b27-25-. The highest BCUT2D eigenvalue weighted by Gasteiger charge is 2.48. The molecule has 1 aliphatic rings. The van der Waals surface area contributed by atoms with Crippen molar-refractivity contribution < 1.29 is 23.8 Å². The molecule has 6 heteroatoms. The van der Waals surface area contributed by atoms with Gasteiger partial charge in [-0.05, 0) is 92.8 Å². The van der Waals surface area contributed by atoms with Gasteiger partial charge in [0.2, 0.25) is 0 Å². The van der Waals surface area contributed by atoms with Crippen LogP contribution in [0.5, 0.6) is 5.75 Å². The molecule has 1 unspecified atom stereocenters. The number of amides is 1. The zero-order valence-electron chi connectivity index (χ0n) is 21.0. The summed E-state index contributed by atoms with van der Waals surface area (Å²) in [6.45, 7) is 12.3. The van der Waals surface area contributed by atoms with Crippen LogP contribution in [0.15, 0.2) is 58.5 Å². The van der Waals surface area contributed by atoms with Crippen LogP contribution in [0, 0.1) is 33.6 Å². The number of ether oxygens (including phenoxy) is 1. The van der Waals surface area contributed by atoms with Crippen LogP contribution in [0.1, 0.15) is 53.7 Å². The fourth-order valence-electron chi connectivity index (χ4n) is 4.43. The second-order valence-corrected chi connectivity index (χ2v) is 9.65. The number of hydrogen-bond acceptors (Lipinski definition) is 5. The number of carbonyl (C=O) groups excluding carboxylic acids is 2. The molecule has 1 amide bonds. The number of nitrogens with zero attached hydrogens (tertiary/aromatic N) is 1. The van der Waals surface area contributed by atoms with E-state index in [0.29, 0.717) is 41.0 Å². The quantitative estimate of drug-likeness (QED) is 0.263. The Morgan fingerprint density at radius 3 is 2.26 bits per heavy atom. The van der Waals surface area contributed by atoms with Crippen molar-refractivity contribution in [3.8, 4) is 5.75 Å². The number of anilines is 1. The topological polar surface area (TPSA) is 80.0 Å². The minimum atomic E-state index is -0.887. The second-order valence-electron chi connectivity index (χ2n) is 9.65. The van der Waals surface area contributed by atoms with Crippen molar-refractivity contribution in [1.29, 1.82) is 0 Å². The van der Waals surface area contributed by atoms with Crippen LogP contribution < -0.4 is 9.64 Å². The van der Waals surface area contributed by atoms with Crippen molar-refractivity contribution in [2.45, 2.75) is 47.6 Å². The van der Waals surface area contributed by atoms with E-state index in [0.717, 1.165) is 16.7 Å². The summed E-state index contributed by atoms with van der Waals surface area (Å²) in [5.74, 6) is 0.449. The molecular weight excluding hydrogens is 442 g/mol. The van der Waals surface area contributed by atoms with Gasteiger partial charge in [0.25, 0.3) is 11.7 Å². The first-order valence-corrected chi connectivity index (χ1v) is 11.8. The van der Waals surface area contributed by atoms with E-state index in [-0.39, 0.29) is 11.3 Å². The molecule has 6 nitrogen and oxygen atoms in total. The van der Waals surface area contributed by atoms with Gasteiger partial charge in [-0.2, -0.15) is 0 Å². The van der Waals surface area contributed by atoms with E-state index in [1.807, 2.05) is 39.0 Å². The fraction of sp³-hybridized carbons (Fsp3) is 0.310. The van der Waals surface area contributed by atoms with E-state index in [2.05, 4.69) is 13.8 Å². The molecule has 0 radical (unpaired) electrons. The first-order chi connectivity index (χ1) is 16.6. The number of benzene rings is 2. The summed E-state index contributed by atoms with van der Waals surface area (Å²) in [4.78, 5) is 28.0. The number of aliphatic hydroxyl groups is 1.